The largest absolute Gasteiger partial charge is 0.308 e. The molecule has 1 atom stereocenters. The quantitative estimate of drug-likeness (QED) is 0.696. The van der Waals surface area contributed by atoms with Crippen molar-refractivity contribution in [2.75, 3.05) is 6.54 Å². The smallest absolute Gasteiger partial charge is 0.0396 e. The molecule has 86 valence electrons. The molecule has 0 spiro atoms. The van der Waals surface area contributed by atoms with Gasteiger partial charge in [-0.15, -0.1) is 0 Å². The van der Waals surface area contributed by atoms with Gasteiger partial charge in [0.15, 0.2) is 0 Å². The van der Waals surface area contributed by atoms with Gasteiger partial charge in [0.05, 0.1) is 0 Å². The zero-order chi connectivity index (χ0) is 10.7. The summed E-state index contributed by atoms with van der Waals surface area (Å²) in [7, 11) is 0. The van der Waals surface area contributed by atoms with E-state index in [4.69, 9.17) is 0 Å². The Balaban J connectivity index is 2.13. The van der Waals surface area contributed by atoms with Crippen LogP contribution in [0, 0.1) is 5.92 Å². The molecule has 0 radical (unpaired) electrons. The van der Waals surface area contributed by atoms with E-state index in [9.17, 15) is 0 Å². The molecule has 1 heteroatoms. The molecular formula is C14H25N. The summed E-state index contributed by atoms with van der Waals surface area (Å²) in [4.78, 5) is 0. The molecule has 0 saturated carbocycles. The third-order valence-corrected chi connectivity index (χ3v) is 3.91. The molecule has 1 saturated heterocycles. The van der Waals surface area contributed by atoms with E-state index < -0.39 is 0 Å². The van der Waals surface area contributed by atoms with E-state index in [2.05, 4.69) is 25.2 Å². The van der Waals surface area contributed by atoms with Crippen LogP contribution in [0.25, 0.3) is 0 Å². The van der Waals surface area contributed by atoms with Gasteiger partial charge in [0.2, 0.25) is 0 Å². The van der Waals surface area contributed by atoms with Gasteiger partial charge in [-0.25, -0.2) is 0 Å². The second-order valence-electron chi connectivity index (χ2n) is 5.69. The van der Waals surface area contributed by atoms with Crippen LogP contribution in [0.4, 0.5) is 0 Å². The minimum absolute atomic E-state index is 0.397. The molecule has 15 heavy (non-hydrogen) atoms. The minimum atomic E-state index is 0.397. The molecule has 1 nitrogen and oxygen atoms in total. The van der Waals surface area contributed by atoms with Gasteiger partial charge in [-0.3, -0.25) is 0 Å². The molecular weight excluding hydrogens is 182 g/mol. The van der Waals surface area contributed by atoms with Crippen molar-refractivity contribution in [3.8, 4) is 0 Å². The molecule has 0 aromatic carbocycles. The molecule has 2 rings (SSSR count). The number of nitrogens with one attached hydrogen (secondary N) is 1. The maximum Gasteiger partial charge on any atom is 0.0396 e. The highest BCUT2D eigenvalue weighted by Gasteiger charge is 2.37. The fraction of sp³-hybridized carbons (Fsp3) is 0.857. The SMILES string of the molecule is CC(C)CC1(C2=CCCCC2)CCCN1. The minimum Gasteiger partial charge on any atom is -0.308 e. The van der Waals surface area contributed by atoms with Crippen molar-refractivity contribution < 1.29 is 0 Å². The molecule has 0 aromatic heterocycles. The van der Waals surface area contributed by atoms with Gasteiger partial charge in [0, 0.05) is 5.54 Å². The number of hydrogen-bond acceptors (Lipinski definition) is 1. The first kappa shape index (κ1) is 11.2. The van der Waals surface area contributed by atoms with Crippen LogP contribution in [-0.2, 0) is 0 Å². The van der Waals surface area contributed by atoms with Crippen LogP contribution in [-0.4, -0.2) is 12.1 Å². The van der Waals surface area contributed by atoms with Crippen molar-refractivity contribution in [2.24, 2.45) is 5.92 Å². The highest BCUT2D eigenvalue weighted by Crippen LogP contribution is 2.38. The van der Waals surface area contributed by atoms with E-state index in [-0.39, 0.29) is 0 Å². The molecule has 1 fully saturated rings. The third-order valence-electron chi connectivity index (χ3n) is 3.91. The molecule has 1 unspecified atom stereocenters. The Kier molecular flexibility index (Phi) is 3.50. The van der Waals surface area contributed by atoms with Crippen molar-refractivity contribution in [1.82, 2.24) is 5.32 Å². The lowest BCUT2D eigenvalue weighted by atomic mass is 9.77. The van der Waals surface area contributed by atoms with E-state index in [0.717, 1.165) is 5.92 Å². The van der Waals surface area contributed by atoms with Crippen molar-refractivity contribution >= 4 is 0 Å². The standard InChI is InChI=1S/C14H25N/c1-12(2)11-14(9-6-10-15-14)13-7-4-3-5-8-13/h7,12,15H,3-6,8-11H2,1-2H3. The summed E-state index contributed by atoms with van der Waals surface area (Å²) < 4.78 is 0. The third kappa shape index (κ3) is 2.44. The lowest BCUT2D eigenvalue weighted by molar-refractivity contribution is 0.338. The Morgan fingerprint density at radius 3 is 2.73 bits per heavy atom. The topological polar surface area (TPSA) is 12.0 Å². The van der Waals surface area contributed by atoms with Gasteiger partial charge in [0.25, 0.3) is 0 Å². The van der Waals surface area contributed by atoms with Gasteiger partial charge in [-0.05, 0) is 57.4 Å². The maximum atomic E-state index is 3.80. The van der Waals surface area contributed by atoms with E-state index in [1.807, 2.05) is 0 Å². The number of hydrogen-bond donors (Lipinski definition) is 1. The highest BCUT2D eigenvalue weighted by atomic mass is 15.0. The van der Waals surface area contributed by atoms with E-state index in [1.165, 1.54) is 51.5 Å². The average molecular weight is 207 g/mol. The Labute approximate surface area is 94.3 Å². The summed E-state index contributed by atoms with van der Waals surface area (Å²) >= 11 is 0. The molecule has 1 N–H and O–H groups in total. The van der Waals surface area contributed by atoms with Gasteiger partial charge in [-0.1, -0.05) is 25.5 Å². The molecule has 1 aliphatic heterocycles. The van der Waals surface area contributed by atoms with E-state index in [0.29, 0.717) is 5.54 Å². The van der Waals surface area contributed by atoms with Crippen LogP contribution in [0.3, 0.4) is 0 Å². The molecule has 2 aliphatic rings. The van der Waals surface area contributed by atoms with Gasteiger partial charge >= 0.3 is 0 Å². The number of rotatable bonds is 3. The summed E-state index contributed by atoms with van der Waals surface area (Å²) in [6.07, 6.45) is 12.1. The molecule has 0 aromatic rings. The lowest BCUT2D eigenvalue weighted by Gasteiger charge is -2.36. The van der Waals surface area contributed by atoms with Crippen LogP contribution in [0.5, 0.6) is 0 Å². The second kappa shape index (κ2) is 4.69. The van der Waals surface area contributed by atoms with Crippen molar-refractivity contribution in [2.45, 2.75) is 64.3 Å². The van der Waals surface area contributed by atoms with Crippen molar-refractivity contribution in [3.63, 3.8) is 0 Å². The van der Waals surface area contributed by atoms with Crippen LogP contribution in [0.15, 0.2) is 11.6 Å². The Morgan fingerprint density at radius 2 is 2.20 bits per heavy atom. The summed E-state index contributed by atoms with van der Waals surface area (Å²) in [6, 6.07) is 0. The molecule has 1 heterocycles. The van der Waals surface area contributed by atoms with Gasteiger partial charge in [-0.2, -0.15) is 0 Å². The van der Waals surface area contributed by atoms with Gasteiger partial charge in [0.1, 0.15) is 0 Å². The normalized spacial score (nSPS) is 32.1. The van der Waals surface area contributed by atoms with Gasteiger partial charge < -0.3 is 5.32 Å². The fourth-order valence-corrected chi connectivity index (χ4v) is 3.36. The summed E-state index contributed by atoms with van der Waals surface area (Å²) in [6.45, 7) is 5.93. The Bertz CT molecular complexity index is 234. The van der Waals surface area contributed by atoms with Crippen molar-refractivity contribution in [1.29, 1.82) is 0 Å². The predicted molar refractivity (Wildman–Crippen MR) is 66.0 cm³/mol. The molecule has 0 bridgehead atoms. The first-order valence-corrected chi connectivity index (χ1v) is 6.67. The first-order valence-electron chi connectivity index (χ1n) is 6.67. The number of allylic oxidation sites excluding steroid dienone is 1. The average Bonchev–Trinajstić information content (AvgIpc) is 2.68. The van der Waals surface area contributed by atoms with Crippen LogP contribution >= 0.6 is 0 Å². The Morgan fingerprint density at radius 1 is 1.33 bits per heavy atom. The van der Waals surface area contributed by atoms with E-state index >= 15 is 0 Å². The summed E-state index contributed by atoms with van der Waals surface area (Å²) in [5.41, 5.74) is 2.13. The zero-order valence-corrected chi connectivity index (χ0v) is 10.3. The first-order chi connectivity index (χ1) is 7.23. The maximum absolute atomic E-state index is 3.80. The van der Waals surface area contributed by atoms with Crippen LogP contribution in [0.1, 0.15) is 58.8 Å². The molecule has 1 aliphatic carbocycles. The fourth-order valence-electron chi connectivity index (χ4n) is 3.36. The van der Waals surface area contributed by atoms with Crippen molar-refractivity contribution in [3.05, 3.63) is 11.6 Å². The predicted octanol–water partition coefficient (Wildman–Crippen LogP) is 3.66. The summed E-state index contributed by atoms with van der Waals surface area (Å²) in [5, 5.41) is 3.80. The monoisotopic (exact) mass is 207 g/mol. The summed E-state index contributed by atoms with van der Waals surface area (Å²) in [5.74, 6) is 0.804. The highest BCUT2D eigenvalue weighted by molar-refractivity contribution is 5.24. The lowest BCUT2D eigenvalue weighted by Crippen LogP contribution is -2.43. The molecule has 0 amide bonds. The zero-order valence-electron chi connectivity index (χ0n) is 10.3. The van der Waals surface area contributed by atoms with Crippen LogP contribution < -0.4 is 5.32 Å². The van der Waals surface area contributed by atoms with E-state index in [1.54, 1.807) is 5.57 Å². The Hall–Kier alpha value is -0.300. The van der Waals surface area contributed by atoms with Crippen LogP contribution in [0.2, 0.25) is 0 Å². The second-order valence-corrected chi connectivity index (χ2v) is 5.69.